The van der Waals surface area contributed by atoms with Crippen molar-refractivity contribution in [1.82, 2.24) is 4.98 Å². The van der Waals surface area contributed by atoms with Crippen LogP contribution in [0.5, 0.6) is 5.75 Å². The summed E-state index contributed by atoms with van der Waals surface area (Å²) in [6.07, 6.45) is 4.93. The number of hydrogen-bond donors (Lipinski definition) is 3. The number of aromatic nitrogens is 1. The predicted molar refractivity (Wildman–Crippen MR) is 148 cm³/mol. The summed E-state index contributed by atoms with van der Waals surface area (Å²) < 4.78 is 36.5. The van der Waals surface area contributed by atoms with Crippen LogP contribution in [0.1, 0.15) is 43.2 Å². The topological polar surface area (TPSA) is 118 Å². The maximum Gasteiger partial charge on any atom is 0.256 e. The van der Waals surface area contributed by atoms with Crippen LogP contribution in [0.3, 0.4) is 0 Å². The van der Waals surface area contributed by atoms with Crippen molar-refractivity contribution in [3.8, 4) is 16.9 Å². The third kappa shape index (κ3) is 7.79. The van der Waals surface area contributed by atoms with Crippen molar-refractivity contribution in [3.63, 3.8) is 0 Å². The van der Waals surface area contributed by atoms with E-state index in [2.05, 4.69) is 30.5 Å². The van der Waals surface area contributed by atoms with Gasteiger partial charge in [0.15, 0.2) is 0 Å². The molecule has 0 amide bonds. The van der Waals surface area contributed by atoms with E-state index in [1.165, 1.54) is 0 Å². The fourth-order valence-electron chi connectivity index (χ4n) is 3.85. The first-order chi connectivity index (χ1) is 17.4. The molecular formula is C28H34N2O6S. The molecule has 0 aliphatic carbocycles. The van der Waals surface area contributed by atoms with Crippen molar-refractivity contribution < 1.29 is 23.0 Å². The molecule has 9 heteroatoms. The number of rotatable bonds is 10. The second kappa shape index (κ2) is 11.8. The van der Waals surface area contributed by atoms with Gasteiger partial charge in [0.05, 0.1) is 33.2 Å². The molecule has 2 aromatic carbocycles. The Bertz CT molecular complexity index is 1420. The van der Waals surface area contributed by atoms with Gasteiger partial charge in [-0.3, -0.25) is 9.52 Å². The second-order valence-corrected chi connectivity index (χ2v) is 11.5. The summed E-state index contributed by atoms with van der Waals surface area (Å²) in [7, 11) is -1.72. The van der Waals surface area contributed by atoms with E-state index in [9.17, 15) is 13.2 Å². The van der Waals surface area contributed by atoms with Gasteiger partial charge in [0.1, 0.15) is 5.75 Å². The second-order valence-electron chi connectivity index (χ2n) is 9.73. The van der Waals surface area contributed by atoms with Gasteiger partial charge in [0, 0.05) is 28.1 Å². The molecule has 0 bridgehead atoms. The summed E-state index contributed by atoms with van der Waals surface area (Å²) >= 11 is 0. The summed E-state index contributed by atoms with van der Waals surface area (Å²) in [5, 5.41) is 8.88. The summed E-state index contributed by atoms with van der Waals surface area (Å²) in [5.74, 6) is 0.716. The molecule has 0 radical (unpaired) electrons. The van der Waals surface area contributed by atoms with Gasteiger partial charge < -0.3 is 19.6 Å². The van der Waals surface area contributed by atoms with Crippen LogP contribution in [-0.2, 0) is 26.8 Å². The zero-order valence-corrected chi connectivity index (χ0v) is 22.6. The molecule has 198 valence electrons. The number of benzene rings is 2. The minimum atomic E-state index is -3.35. The van der Waals surface area contributed by atoms with Crippen LogP contribution in [0.2, 0.25) is 0 Å². The number of anilines is 1. The van der Waals surface area contributed by atoms with Crippen LogP contribution in [-0.4, -0.2) is 45.1 Å². The van der Waals surface area contributed by atoms with E-state index in [-0.39, 0.29) is 30.8 Å². The highest BCUT2D eigenvalue weighted by molar-refractivity contribution is 7.92. The number of H-pyrrole nitrogens is 1. The Balaban J connectivity index is 2.02. The van der Waals surface area contributed by atoms with Crippen LogP contribution in [0.4, 0.5) is 5.69 Å². The molecule has 1 aromatic heterocycles. The van der Waals surface area contributed by atoms with E-state index in [0.717, 1.165) is 28.5 Å². The largest absolute Gasteiger partial charge is 0.496 e. The number of nitrogens with one attached hydrogen (secondary N) is 2. The van der Waals surface area contributed by atoms with Crippen LogP contribution in [0.15, 0.2) is 53.3 Å². The van der Waals surface area contributed by atoms with Gasteiger partial charge in [-0.2, -0.15) is 0 Å². The Labute approximate surface area is 218 Å². The Kier molecular flexibility index (Phi) is 8.96. The first-order valence-corrected chi connectivity index (χ1v) is 13.7. The number of ether oxygens (including phenoxy) is 2. The Morgan fingerprint density at radius 1 is 1.05 bits per heavy atom. The quantitative estimate of drug-likeness (QED) is 0.266. The smallest absolute Gasteiger partial charge is 0.256 e. The highest BCUT2D eigenvalue weighted by Crippen LogP contribution is 2.38. The molecular weight excluding hydrogens is 492 g/mol. The summed E-state index contributed by atoms with van der Waals surface area (Å²) in [6, 6.07) is 14.5. The number of hydrogen-bond acceptors (Lipinski definition) is 6. The molecule has 0 unspecified atom stereocenters. The molecule has 0 aliphatic rings. The van der Waals surface area contributed by atoms with Gasteiger partial charge in [-0.15, -0.1) is 0 Å². The van der Waals surface area contributed by atoms with Crippen molar-refractivity contribution in [2.24, 2.45) is 0 Å². The molecule has 3 rings (SSSR count). The number of aromatic amines is 1. The molecule has 8 nitrogen and oxygen atoms in total. The number of methoxy groups -OCH3 is 1. The first-order valence-electron chi connectivity index (χ1n) is 11.8. The van der Waals surface area contributed by atoms with Gasteiger partial charge in [-0.1, -0.05) is 45.1 Å². The van der Waals surface area contributed by atoms with Crippen molar-refractivity contribution in [1.29, 1.82) is 0 Å². The normalized spacial score (nSPS) is 12.2. The lowest BCUT2D eigenvalue weighted by molar-refractivity contribution is 0.0796. The van der Waals surface area contributed by atoms with E-state index in [4.69, 9.17) is 14.6 Å². The molecule has 0 atom stereocenters. The monoisotopic (exact) mass is 526 g/mol. The van der Waals surface area contributed by atoms with Gasteiger partial charge >= 0.3 is 0 Å². The lowest BCUT2D eigenvalue weighted by atomic mass is 9.83. The lowest BCUT2D eigenvalue weighted by Crippen LogP contribution is -2.16. The molecule has 3 N–H and O–H groups in total. The molecule has 0 saturated carbocycles. The summed E-state index contributed by atoms with van der Waals surface area (Å²) in [4.78, 5) is 15.8. The Hall–Kier alpha value is -3.40. The third-order valence-electron chi connectivity index (χ3n) is 5.57. The predicted octanol–water partition coefficient (Wildman–Crippen LogP) is 4.40. The van der Waals surface area contributed by atoms with Crippen molar-refractivity contribution in [2.75, 3.05) is 31.3 Å². The minimum absolute atomic E-state index is 0.0816. The zero-order valence-electron chi connectivity index (χ0n) is 21.8. The van der Waals surface area contributed by atoms with E-state index >= 15 is 0 Å². The number of aliphatic hydroxyl groups excluding tert-OH is 1. The first kappa shape index (κ1) is 28.2. The van der Waals surface area contributed by atoms with Crippen molar-refractivity contribution >= 4 is 27.9 Å². The van der Waals surface area contributed by atoms with E-state index in [1.807, 2.05) is 36.4 Å². The minimum Gasteiger partial charge on any atom is -0.496 e. The maximum absolute atomic E-state index is 13.0. The average Bonchev–Trinajstić information content (AvgIpc) is 2.82. The van der Waals surface area contributed by atoms with Gasteiger partial charge in [-0.25, -0.2) is 8.42 Å². The van der Waals surface area contributed by atoms with Crippen molar-refractivity contribution in [2.45, 2.75) is 32.8 Å². The number of sulfonamides is 1. The van der Waals surface area contributed by atoms with E-state index < -0.39 is 10.0 Å². The number of pyridine rings is 1. The molecule has 0 fully saturated rings. The molecule has 3 aromatic rings. The van der Waals surface area contributed by atoms with E-state index in [1.54, 1.807) is 31.4 Å². The molecule has 0 saturated heterocycles. The standard InChI is InChI=1S/C28H34N2O6S/c1-28(2,3)25-17-21(24-13-12-23(29-27(24)32)18-36-15-14-31)16-20(26(25)35-4)9-6-19-7-10-22(11-8-19)30-37(5,33)34/h6-13,16-17,30-31H,14-15,18H2,1-5H3,(H,29,32)/b9-6+. The maximum atomic E-state index is 13.0. The zero-order chi connectivity index (χ0) is 27.2. The van der Waals surface area contributed by atoms with Crippen LogP contribution in [0, 0.1) is 0 Å². The Morgan fingerprint density at radius 3 is 2.32 bits per heavy atom. The SMILES string of the molecule is COc1c(/C=C/c2ccc(NS(C)(=O)=O)cc2)cc(-c2ccc(COCCO)[nH]c2=O)cc1C(C)(C)C. The average molecular weight is 527 g/mol. The molecule has 37 heavy (non-hydrogen) atoms. The fourth-order valence-corrected chi connectivity index (χ4v) is 4.41. The summed E-state index contributed by atoms with van der Waals surface area (Å²) in [6.45, 7) is 6.58. The van der Waals surface area contributed by atoms with Crippen LogP contribution in [0.25, 0.3) is 23.3 Å². The Morgan fingerprint density at radius 2 is 1.76 bits per heavy atom. The van der Waals surface area contributed by atoms with Gasteiger partial charge in [-0.05, 0) is 52.9 Å². The molecule has 0 aliphatic heterocycles. The highest BCUT2D eigenvalue weighted by Gasteiger charge is 2.23. The summed E-state index contributed by atoms with van der Waals surface area (Å²) in [5.41, 5.74) is 4.51. The van der Waals surface area contributed by atoms with Gasteiger partial charge in [0.25, 0.3) is 5.56 Å². The van der Waals surface area contributed by atoms with E-state index in [0.29, 0.717) is 22.7 Å². The van der Waals surface area contributed by atoms with Crippen LogP contribution >= 0.6 is 0 Å². The number of aliphatic hydroxyl groups is 1. The third-order valence-corrected chi connectivity index (χ3v) is 6.18. The van der Waals surface area contributed by atoms with Crippen molar-refractivity contribution in [3.05, 3.63) is 81.3 Å². The van der Waals surface area contributed by atoms with Gasteiger partial charge in [0.2, 0.25) is 10.0 Å². The fraction of sp³-hybridized carbons (Fsp3) is 0.321. The highest BCUT2D eigenvalue weighted by atomic mass is 32.2. The van der Waals surface area contributed by atoms with Crippen LogP contribution < -0.4 is 15.0 Å². The molecule has 1 heterocycles. The molecule has 0 spiro atoms. The lowest BCUT2D eigenvalue weighted by Gasteiger charge is -2.24.